The number of hydrogen-bond donors (Lipinski definition) is 3. The van der Waals surface area contributed by atoms with E-state index in [1.807, 2.05) is 26.0 Å². The van der Waals surface area contributed by atoms with Gasteiger partial charge in [-0.3, -0.25) is 10.1 Å². The normalized spacial score (nSPS) is 11.3. The Balaban J connectivity index is -0.00000149. The second kappa shape index (κ2) is 52.7. The number of unbranched alkanes of at least 4 members (excludes halogenated alkanes) is 26. The first-order valence-electron chi connectivity index (χ1n) is 26.2. The summed E-state index contributed by atoms with van der Waals surface area (Å²) in [7, 11) is 6.72. The number of amides is 1. The van der Waals surface area contributed by atoms with Gasteiger partial charge in [0.2, 0.25) is 0 Å². The minimum atomic E-state index is -0.538. The molecule has 1 aromatic rings. The van der Waals surface area contributed by atoms with Gasteiger partial charge in [0.1, 0.15) is 19.8 Å². The van der Waals surface area contributed by atoms with Crippen molar-refractivity contribution in [2.75, 3.05) is 85.7 Å². The van der Waals surface area contributed by atoms with Crippen molar-refractivity contribution in [2.24, 2.45) is 0 Å². The number of aryl methyl sites for hydroxylation is 1. The number of ether oxygens (including phenoxy) is 4. The monoisotopic (exact) mass is 1040 g/mol. The molecule has 1 unspecified atom stereocenters. The SMILES string of the molecule is CCCCCCCCCCCCCCCC[NH+](C)C.CCCCCCCCCCCCCCCC[NH+](C)CCOCCOC(=O)Nc1cc(CC(=O)OCCOCC)ccc1C.[Br-].[Br-]. The van der Waals surface area contributed by atoms with Gasteiger partial charge in [0.15, 0.2) is 0 Å². The predicted molar refractivity (Wildman–Crippen MR) is 263 cm³/mol. The molecule has 9 nitrogen and oxygen atoms in total. The topological polar surface area (TPSA) is 92.0 Å². The van der Waals surface area contributed by atoms with Gasteiger partial charge in [0, 0.05) is 12.3 Å². The van der Waals surface area contributed by atoms with E-state index in [1.165, 1.54) is 198 Å². The quantitative estimate of drug-likeness (QED) is 0.0609. The standard InChI is InChI=1S/C35H62N2O6.C18H39N.2BrH/c1-5-7-8-9-10-11-12-13-14-15-16-17-18-19-22-37(4)23-24-41-26-28-43-35(39)36-33-29-32(21-20-31(33)3)30-34(38)42-27-25-40-6-2;1-4-5-6-7-8-9-10-11-12-13-14-15-16-17-18-19(2)3;;/h20-21,29H,5-19,22-28,30H2,1-4H3,(H,36,39);4-18H2,1-3H3;2*1H. The Labute approximate surface area is 416 Å². The average molecular weight is 1040 g/mol. The molecule has 0 bridgehead atoms. The molecule has 11 heteroatoms. The van der Waals surface area contributed by atoms with Gasteiger partial charge in [-0.05, 0) is 56.7 Å². The third-order valence-electron chi connectivity index (χ3n) is 11.7. The van der Waals surface area contributed by atoms with Crippen LogP contribution in [0.3, 0.4) is 0 Å². The van der Waals surface area contributed by atoms with Gasteiger partial charge in [-0.15, -0.1) is 0 Å². The number of nitrogens with one attached hydrogen (secondary N) is 3. The van der Waals surface area contributed by atoms with Gasteiger partial charge in [-0.1, -0.05) is 180 Å². The summed E-state index contributed by atoms with van der Waals surface area (Å²) in [6.45, 7) is 14.2. The summed E-state index contributed by atoms with van der Waals surface area (Å²) in [5.74, 6) is -0.332. The van der Waals surface area contributed by atoms with Crippen LogP contribution in [0.5, 0.6) is 0 Å². The van der Waals surface area contributed by atoms with Gasteiger partial charge in [0.05, 0.1) is 60.5 Å². The second-order valence-electron chi connectivity index (χ2n) is 18.2. The Morgan fingerprint density at radius 3 is 1.38 bits per heavy atom. The Morgan fingerprint density at radius 2 is 0.922 bits per heavy atom. The fraction of sp³-hybridized carbons (Fsp3) is 0.849. The number of hydrogen-bond acceptors (Lipinski definition) is 6. The lowest BCUT2D eigenvalue weighted by atomic mass is 10.0. The molecule has 3 N–H and O–H groups in total. The molecule has 0 fully saturated rings. The molecule has 380 valence electrons. The van der Waals surface area contributed by atoms with Gasteiger partial charge in [-0.25, -0.2) is 4.79 Å². The van der Waals surface area contributed by atoms with Crippen molar-refractivity contribution in [3.8, 4) is 0 Å². The average Bonchev–Trinajstić information content (AvgIpc) is 3.25. The number of esters is 1. The third-order valence-corrected chi connectivity index (χ3v) is 11.7. The molecule has 1 aromatic carbocycles. The molecule has 0 aliphatic rings. The fourth-order valence-corrected chi connectivity index (χ4v) is 7.60. The summed E-state index contributed by atoms with van der Waals surface area (Å²) in [6, 6.07) is 5.48. The maximum Gasteiger partial charge on any atom is 0.411 e. The molecule has 0 aliphatic heterocycles. The molecule has 0 heterocycles. The summed E-state index contributed by atoms with van der Waals surface area (Å²) in [5, 5.41) is 2.76. The minimum Gasteiger partial charge on any atom is -1.00 e. The minimum absolute atomic E-state index is 0. The Kier molecular flexibility index (Phi) is 55.2. The van der Waals surface area contributed by atoms with Crippen LogP contribution in [0.2, 0.25) is 0 Å². The first kappa shape index (κ1) is 67.0. The van der Waals surface area contributed by atoms with Crippen molar-refractivity contribution in [3.63, 3.8) is 0 Å². The number of likely N-dealkylation sites (N-methyl/N-ethyl adjacent to an activating group) is 1. The van der Waals surface area contributed by atoms with Crippen molar-refractivity contribution in [2.45, 2.75) is 214 Å². The zero-order chi connectivity index (χ0) is 45.6. The first-order valence-corrected chi connectivity index (χ1v) is 26.2. The van der Waals surface area contributed by atoms with E-state index in [-0.39, 0.29) is 59.6 Å². The van der Waals surface area contributed by atoms with Crippen LogP contribution in [0.15, 0.2) is 18.2 Å². The van der Waals surface area contributed by atoms with Crippen LogP contribution in [-0.2, 0) is 30.2 Å². The number of quaternary nitrogens is 2. The van der Waals surface area contributed by atoms with Crippen LogP contribution >= 0.6 is 0 Å². The van der Waals surface area contributed by atoms with Gasteiger partial charge in [0.25, 0.3) is 0 Å². The Hall–Kier alpha value is -1.24. The van der Waals surface area contributed by atoms with Crippen molar-refractivity contribution in [3.05, 3.63) is 29.3 Å². The van der Waals surface area contributed by atoms with Crippen LogP contribution in [0, 0.1) is 6.92 Å². The summed E-state index contributed by atoms with van der Waals surface area (Å²) in [4.78, 5) is 27.3. The van der Waals surface area contributed by atoms with Crippen LogP contribution in [-0.4, -0.2) is 92.5 Å². The third kappa shape index (κ3) is 48.7. The number of halogens is 2. The van der Waals surface area contributed by atoms with E-state index in [0.717, 1.165) is 17.7 Å². The van der Waals surface area contributed by atoms with E-state index in [1.54, 1.807) is 11.0 Å². The van der Waals surface area contributed by atoms with Crippen LogP contribution in [0.4, 0.5) is 10.5 Å². The van der Waals surface area contributed by atoms with Crippen LogP contribution in [0.25, 0.3) is 0 Å². The highest BCUT2D eigenvalue weighted by molar-refractivity contribution is 5.86. The second-order valence-corrected chi connectivity index (χ2v) is 18.2. The van der Waals surface area contributed by atoms with Gasteiger partial charge >= 0.3 is 12.1 Å². The molecule has 0 radical (unpaired) electrons. The molecule has 1 rings (SSSR count). The largest absolute Gasteiger partial charge is 1.00 e. The zero-order valence-electron chi connectivity index (χ0n) is 42.8. The number of rotatable bonds is 43. The van der Waals surface area contributed by atoms with Crippen molar-refractivity contribution in [1.29, 1.82) is 0 Å². The molecule has 0 aromatic heterocycles. The van der Waals surface area contributed by atoms with Crippen LogP contribution in [0.1, 0.15) is 212 Å². The Bertz CT molecular complexity index is 1130. The lowest BCUT2D eigenvalue weighted by molar-refractivity contribution is -0.880. The van der Waals surface area contributed by atoms with E-state index in [2.05, 4.69) is 40.3 Å². The molecule has 64 heavy (non-hydrogen) atoms. The molecule has 0 aliphatic carbocycles. The zero-order valence-corrected chi connectivity index (χ0v) is 46.0. The van der Waals surface area contributed by atoms with E-state index in [9.17, 15) is 9.59 Å². The van der Waals surface area contributed by atoms with E-state index in [4.69, 9.17) is 18.9 Å². The van der Waals surface area contributed by atoms with Gasteiger partial charge in [-0.2, -0.15) is 0 Å². The molecule has 0 saturated heterocycles. The van der Waals surface area contributed by atoms with E-state index in [0.29, 0.717) is 32.1 Å². The number of carbonyl (C=O) groups is 2. The number of anilines is 1. The highest BCUT2D eigenvalue weighted by atomic mass is 79.9. The van der Waals surface area contributed by atoms with Crippen LogP contribution < -0.4 is 49.1 Å². The predicted octanol–water partition coefficient (Wildman–Crippen LogP) is 5.30. The maximum absolute atomic E-state index is 12.3. The lowest BCUT2D eigenvalue weighted by Crippen LogP contribution is -3.09. The maximum atomic E-state index is 12.3. The molecule has 0 spiro atoms. The Morgan fingerprint density at radius 1 is 0.500 bits per heavy atom. The highest BCUT2D eigenvalue weighted by Crippen LogP contribution is 2.18. The fourth-order valence-electron chi connectivity index (χ4n) is 7.60. The van der Waals surface area contributed by atoms with Crippen molar-refractivity contribution >= 4 is 17.7 Å². The number of carbonyl (C=O) groups excluding carboxylic acids is 2. The highest BCUT2D eigenvalue weighted by Gasteiger charge is 2.11. The summed E-state index contributed by atoms with van der Waals surface area (Å²) >= 11 is 0. The smallest absolute Gasteiger partial charge is 0.411 e. The van der Waals surface area contributed by atoms with E-state index < -0.39 is 6.09 Å². The summed E-state index contributed by atoms with van der Waals surface area (Å²) in [5.41, 5.74) is 2.25. The van der Waals surface area contributed by atoms with Crippen molar-refractivity contribution in [1.82, 2.24) is 0 Å². The van der Waals surface area contributed by atoms with Gasteiger partial charge < -0.3 is 62.7 Å². The first-order chi connectivity index (χ1) is 30.2. The molecule has 0 saturated carbocycles. The van der Waals surface area contributed by atoms with E-state index >= 15 is 0 Å². The molecular formula is C53H103Br2N3O6. The number of benzene rings is 1. The summed E-state index contributed by atoms with van der Waals surface area (Å²) < 4.78 is 21.3. The lowest BCUT2D eigenvalue weighted by Gasteiger charge is -2.14. The summed E-state index contributed by atoms with van der Waals surface area (Å²) in [6.07, 6.45) is 39.4. The van der Waals surface area contributed by atoms with Crippen molar-refractivity contribution < 1.29 is 72.3 Å². The molecular weight excluding hydrogens is 934 g/mol. The molecule has 1 atom stereocenters. The molecule has 1 amide bonds.